The lowest BCUT2D eigenvalue weighted by atomic mass is 10.1. The van der Waals surface area contributed by atoms with Crippen molar-refractivity contribution in [3.05, 3.63) is 69.8 Å². The normalized spacial score (nSPS) is 11.9. The van der Waals surface area contributed by atoms with Gasteiger partial charge in [-0.15, -0.1) is 0 Å². The van der Waals surface area contributed by atoms with Crippen LogP contribution in [-0.4, -0.2) is 16.6 Å². The minimum absolute atomic E-state index is 0.102. The third-order valence-electron chi connectivity index (χ3n) is 3.19. The predicted octanol–water partition coefficient (Wildman–Crippen LogP) is 3.27. The zero-order valence-electron chi connectivity index (χ0n) is 11.7. The molecule has 21 heavy (non-hydrogen) atoms. The molecule has 0 saturated carbocycles. The Balaban J connectivity index is 2.04. The second-order valence-corrected chi connectivity index (χ2v) is 4.70. The topological polar surface area (TPSA) is 72.6 Å². The second kappa shape index (κ2) is 6.85. The molecule has 0 amide bonds. The van der Waals surface area contributed by atoms with Crippen LogP contribution in [0.3, 0.4) is 0 Å². The Morgan fingerprint density at radius 2 is 1.86 bits per heavy atom. The highest BCUT2D eigenvalue weighted by Crippen LogP contribution is 2.25. The van der Waals surface area contributed by atoms with Crippen LogP contribution in [0.1, 0.15) is 24.2 Å². The summed E-state index contributed by atoms with van der Waals surface area (Å²) in [6.07, 6.45) is -0.182. The molecule has 0 radical (unpaired) electrons. The molecule has 0 fully saturated rings. The molecule has 0 spiro atoms. The molecular weight excluding hydrogens is 270 g/mol. The molecule has 2 aromatic carbocycles. The Hall–Kier alpha value is -2.40. The third-order valence-corrected chi connectivity index (χ3v) is 3.19. The highest BCUT2D eigenvalue weighted by Gasteiger charge is 2.13. The fourth-order valence-corrected chi connectivity index (χ4v) is 2.13. The molecule has 0 aliphatic carbocycles. The summed E-state index contributed by atoms with van der Waals surface area (Å²) in [7, 11) is 0. The van der Waals surface area contributed by atoms with Crippen LogP contribution in [0.4, 0.5) is 5.69 Å². The molecule has 0 aromatic heterocycles. The number of nitro benzene ring substituents is 1. The van der Waals surface area contributed by atoms with Crippen molar-refractivity contribution in [2.75, 3.05) is 6.61 Å². The van der Waals surface area contributed by atoms with E-state index in [1.165, 1.54) is 6.07 Å². The average molecular weight is 287 g/mol. The summed E-state index contributed by atoms with van der Waals surface area (Å²) in [5.74, 6) is 0.603. The lowest BCUT2D eigenvalue weighted by Gasteiger charge is -2.13. The lowest BCUT2D eigenvalue weighted by Crippen LogP contribution is -2.06. The SMILES string of the molecule is C[C@@H](O)c1ccccc1OCCc1ccccc1[N+](=O)[O-]. The van der Waals surface area contributed by atoms with Gasteiger partial charge in [-0.1, -0.05) is 36.4 Å². The van der Waals surface area contributed by atoms with E-state index in [1.54, 1.807) is 37.3 Å². The van der Waals surface area contributed by atoms with Crippen LogP contribution in [0.2, 0.25) is 0 Å². The molecule has 0 aliphatic heterocycles. The molecular formula is C16H17NO4. The van der Waals surface area contributed by atoms with Crippen molar-refractivity contribution in [1.82, 2.24) is 0 Å². The maximum absolute atomic E-state index is 10.9. The molecule has 5 heteroatoms. The van der Waals surface area contributed by atoms with E-state index in [0.717, 1.165) is 0 Å². The van der Waals surface area contributed by atoms with Crippen LogP contribution >= 0.6 is 0 Å². The Kier molecular flexibility index (Phi) is 4.90. The van der Waals surface area contributed by atoms with Crippen LogP contribution in [0.5, 0.6) is 5.75 Å². The minimum atomic E-state index is -0.618. The first-order valence-electron chi connectivity index (χ1n) is 6.71. The summed E-state index contributed by atoms with van der Waals surface area (Å²) >= 11 is 0. The maximum atomic E-state index is 10.9. The van der Waals surface area contributed by atoms with Crippen LogP contribution in [0, 0.1) is 10.1 Å². The van der Waals surface area contributed by atoms with E-state index in [2.05, 4.69) is 0 Å². The van der Waals surface area contributed by atoms with Gasteiger partial charge in [-0.3, -0.25) is 10.1 Å². The molecule has 5 nitrogen and oxygen atoms in total. The lowest BCUT2D eigenvalue weighted by molar-refractivity contribution is -0.385. The summed E-state index contributed by atoms with van der Waals surface area (Å²) in [5.41, 5.74) is 1.45. The van der Waals surface area contributed by atoms with Crippen LogP contribution in [0.15, 0.2) is 48.5 Å². The summed E-state index contributed by atoms with van der Waals surface area (Å²) < 4.78 is 5.65. The maximum Gasteiger partial charge on any atom is 0.272 e. The van der Waals surface area contributed by atoms with Gasteiger partial charge >= 0.3 is 0 Å². The highest BCUT2D eigenvalue weighted by molar-refractivity contribution is 5.40. The Bertz CT molecular complexity index is 625. The van der Waals surface area contributed by atoms with E-state index >= 15 is 0 Å². The number of hydrogen-bond acceptors (Lipinski definition) is 4. The van der Waals surface area contributed by atoms with E-state index in [-0.39, 0.29) is 10.6 Å². The summed E-state index contributed by atoms with van der Waals surface area (Å²) in [6, 6.07) is 13.9. The Morgan fingerprint density at radius 3 is 2.57 bits per heavy atom. The first kappa shape index (κ1) is 15.0. The fraction of sp³-hybridized carbons (Fsp3) is 0.250. The summed E-state index contributed by atoms with van der Waals surface area (Å²) in [4.78, 5) is 10.5. The smallest absolute Gasteiger partial charge is 0.272 e. The molecule has 0 heterocycles. The molecule has 2 aromatic rings. The van der Waals surface area contributed by atoms with E-state index in [9.17, 15) is 15.2 Å². The zero-order valence-corrected chi connectivity index (χ0v) is 11.7. The van der Waals surface area contributed by atoms with Gasteiger partial charge in [0.1, 0.15) is 5.75 Å². The Labute approximate surface area is 123 Å². The number of benzene rings is 2. The number of nitro groups is 1. The fourth-order valence-electron chi connectivity index (χ4n) is 2.13. The molecule has 0 aliphatic rings. The van der Waals surface area contributed by atoms with Gasteiger partial charge in [0.05, 0.1) is 17.6 Å². The number of rotatable bonds is 6. The summed E-state index contributed by atoms with van der Waals surface area (Å²) in [6.45, 7) is 1.98. The molecule has 0 unspecified atom stereocenters. The number of para-hydroxylation sites is 2. The van der Waals surface area contributed by atoms with Gasteiger partial charge in [-0.2, -0.15) is 0 Å². The van der Waals surface area contributed by atoms with Crippen molar-refractivity contribution in [2.45, 2.75) is 19.4 Å². The zero-order chi connectivity index (χ0) is 15.2. The summed E-state index contributed by atoms with van der Waals surface area (Å²) in [5, 5.41) is 20.6. The van der Waals surface area contributed by atoms with E-state index < -0.39 is 6.10 Å². The van der Waals surface area contributed by atoms with Gasteiger partial charge in [0.2, 0.25) is 0 Å². The molecule has 2 rings (SSSR count). The number of aliphatic hydroxyl groups is 1. The van der Waals surface area contributed by atoms with Gasteiger partial charge in [-0.25, -0.2) is 0 Å². The highest BCUT2D eigenvalue weighted by atomic mass is 16.6. The number of hydrogen-bond donors (Lipinski definition) is 1. The third kappa shape index (κ3) is 3.79. The van der Waals surface area contributed by atoms with Crippen molar-refractivity contribution in [2.24, 2.45) is 0 Å². The van der Waals surface area contributed by atoms with Crippen molar-refractivity contribution >= 4 is 5.69 Å². The molecule has 110 valence electrons. The van der Waals surface area contributed by atoms with Gasteiger partial charge in [-0.05, 0) is 13.0 Å². The number of nitrogens with zero attached hydrogens (tertiary/aromatic N) is 1. The van der Waals surface area contributed by atoms with Gasteiger partial charge in [0.15, 0.2) is 0 Å². The minimum Gasteiger partial charge on any atom is -0.493 e. The molecule has 1 N–H and O–H groups in total. The Morgan fingerprint density at radius 1 is 1.19 bits per heavy atom. The second-order valence-electron chi connectivity index (χ2n) is 4.70. The van der Waals surface area contributed by atoms with E-state index in [4.69, 9.17) is 4.74 Å². The molecule has 0 bridgehead atoms. The van der Waals surface area contributed by atoms with Crippen molar-refractivity contribution in [1.29, 1.82) is 0 Å². The van der Waals surface area contributed by atoms with Crippen molar-refractivity contribution in [3.8, 4) is 5.75 Å². The molecule has 1 atom stereocenters. The molecule has 0 saturated heterocycles. The van der Waals surface area contributed by atoms with Crippen molar-refractivity contribution in [3.63, 3.8) is 0 Å². The van der Waals surface area contributed by atoms with Crippen molar-refractivity contribution < 1.29 is 14.8 Å². The van der Waals surface area contributed by atoms with Crippen LogP contribution in [0.25, 0.3) is 0 Å². The first-order valence-corrected chi connectivity index (χ1v) is 6.71. The quantitative estimate of drug-likeness (QED) is 0.653. The van der Waals surface area contributed by atoms with Crippen LogP contribution in [-0.2, 0) is 6.42 Å². The van der Waals surface area contributed by atoms with Crippen LogP contribution < -0.4 is 4.74 Å². The van der Waals surface area contributed by atoms with Gasteiger partial charge in [0, 0.05) is 23.6 Å². The largest absolute Gasteiger partial charge is 0.493 e. The van der Waals surface area contributed by atoms with Gasteiger partial charge in [0.25, 0.3) is 5.69 Å². The average Bonchev–Trinajstić information content (AvgIpc) is 2.48. The standard InChI is InChI=1S/C16H17NO4/c1-12(18)14-7-3-5-9-16(14)21-11-10-13-6-2-4-8-15(13)17(19)20/h2-9,12,18H,10-11H2,1H3/t12-/m1/s1. The number of ether oxygens (including phenoxy) is 1. The number of aliphatic hydroxyl groups excluding tert-OH is 1. The van der Waals surface area contributed by atoms with E-state index in [1.807, 2.05) is 12.1 Å². The van der Waals surface area contributed by atoms with E-state index in [0.29, 0.717) is 29.9 Å². The predicted molar refractivity (Wildman–Crippen MR) is 79.4 cm³/mol. The van der Waals surface area contributed by atoms with Gasteiger partial charge < -0.3 is 9.84 Å². The first-order chi connectivity index (χ1) is 10.1. The monoisotopic (exact) mass is 287 g/mol.